The van der Waals surface area contributed by atoms with Crippen molar-refractivity contribution in [3.63, 3.8) is 0 Å². The summed E-state index contributed by atoms with van der Waals surface area (Å²) in [5.74, 6) is 1.56. The number of benzene rings is 3. The lowest BCUT2D eigenvalue weighted by molar-refractivity contribution is -0.124. The highest BCUT2D eigenvalue weighted by atomic mass is 16.5. The first-order valence-electron chi connectivity index (χ1n) is 9.86. The van der Waals surface area contributed by atoms with Crippen LogP contribution in [-0.2, 0) is 16.1 Å². The van der Waals surface area contributed by atoms with E-state index < -0.39 is 0 Å². The van der Waals surface area contributed by atoms with Gasteiger partial charge in [-0.3, -0.25) is 4.79 Å². The van der Waals surface area contributed by atoms with Crippen molar-refractivity contribution in [3.8, 4) is 11.5 Å². The molecule has 0 saturated carbocycles. The van der Waals surface area contributed by atoms with Crippen LogP contribution in [0.3, 0.4) is 0 Å². The number of hydrogen-bond donors (Lipinski definition) is 1. The van der Waals surface area contributed by atoms with Crippen LogP contribution in [0.25, 0.3) is 0 Å². The molecule has 5 nitrogen and oxygen atoms in total. The molecule has 0 aliphatic carbocycles. The Hall–Kier alpha value is -3.31. The number of anilines is 1. The third kappa shape index (κ3) is 6.09. The van der Waals surface area contributed by atoms with Crippen LogP contribution in [0.5, 0.6) is 11.5 Å². The van der Waals surface area contributed by atoms with Gasteiger partial charge in [0.25, 0.3) is 0 Å². The number of para-hydroxylation sites is 2. The molecule has 3 aromatic carbocycles. The van der Waals surface area contributed by atoms with Crippen molar-refractivity contribution in [1.29, 1.82) is 0 Å². The van der Waals surface area contributed by atoms with Gasteiger partial charge in [-0.15, -0.1) is 0 Å². The highest BCUT2D eigenvalue weighted by Crippen LogP contribution is 2.29. The number of ether oxygens (including phenoxy) is 3. The fourth-order valence-corrected chi connectivity index (χ4v) is 3.18. The summed E-state index contributed by atoms with van der Waals surface area (Å²) in [4.78, 5) is 12.6. The molecule has 1 N–H and O–H groups in total. The van der Waals surface area contributed by atoms with E-state index >= 15 is 0 Å². The average Bonchev–Trinajstić information content (AvgIpc) is 2.80. The van der Waals surface area contributed by atoms with Gasteiger partial charge in [-0.25, -0.2) is 0 Å². The van der Waals surface area contributed by atoms with E-state index in [9.17, 15) is 4.79 Å². The molecule has 0 aliphatic rings. The van der Waals surface area contributed by atoms with Crippen LogP contribution in [0.15, 0.2) is 78.9 Å². The SMILES string of the molecule is COc1ccc(COCC(=O)CC(Nc2ccccc2OC)c2ccccc2)cc1. The zero-order valence-corrected chi connectivity index (χ0v) is 17.3. The quantitative estimate of drug-likeness (QED) is 0.485. The maximum absolute atomic E-state index is 12.6. The summed E-state index contributed by atoms with van der Waals surface area (Å²) in [5.41, 5.74) is 2.88. The molecule has 30 heavy (non-hydrogen) atoms. The molecule has 0 bridgehead atoms. The van der Waals surface area contributed by atoms with Gasteiger partial charge in [0.15, 0.2) is 5.78 Å². The van der Waals surface area contributed by atoms with Crippen LogP contribution in [0.1, 0.15) is 23.6 Å². The topological polar surface area (TPSA) is 56.8 Å². The Balaban J connectivity index is 1.61. The number of nitrogens with one attached hydrogen (secondary N) is 1. The fraction of sp³-hybridized carbons (Fsp3) is 0.240. The number of methoxy groups -OCH3 is 2. The molecular formula is C25H27NO4. The lowest BCUT2D eigenvalue weighted by Gasteiger charge is -2.21. The number of rotatable bonds is 11. The third-order valence-corrected chi connectivity index (χ3v) is 4.76. The van der Waals surface area contributed by atoms with Crippen molar-refractivity contribution in [1.82, 2.24) is 0 Å². The zero-order chi connectivity index (χ0) is 21.2. The van der Waals surface area contributed by atoms with Crippen molar-refractivity contribution < 1.29 is 19.0 Å². The molecular weight excluding hydrogens is 378 g/mol. The minimum Gasteiger partial charge on any atom is -0.497 e. The second-order valence-electron chi connectivity index (χ2n) is 6.89. The molecule has 0 aliphatic heterocycles. The van der Waals surface area contributed by atoms with Crippen molar-refractivity contribution in [3.05, 3.63) is 90.0 Å². The number of carbonyl (C=O) groups is 1. The summed E-state index contributed by atoms with van der Waals surface area (Å²) in [5, 5.41) is 3.45. The summed E-state index contributed by atoms with van der Waals surface area (Å²) < 4.78 is 16.2. The van der Waals surface area contributed by atoms with Crippen LogP contribution in [0.2, 0.25) is 0 Å². The minimum atomic E-state index is -0.181. The van der Waals surface area contributed by atoms with Gasteiger partial charge >= 0.3 is 0 Å². The summed E-state index contributed by atoms with van der Waals surface area (Å²) in [6, 6.07) is 25.1. The Kier molecular flexibility index (Phi) is 7.86. The monoisotopic (exact) mass is 405 g/mol. The second-order valence-corrected chi connectivity index (χ2v) is 6.89. The molecule has 0 fully saturated rings. The summed E-state index contributed by atoms with van der Waals surface area (Å²) >= 11 is 0. The smallest absolute Gasteiger partial charge is 0.160 e. The molecule has 3 aromatic rings. The van der Waals surface area contributed by atoms with Gasteiger partial charge in [-0.1, -0.05) is 54.6 Å². The Bertz CT molecular complexity index is 925. The summed E-state index contributed by atoms with van der Waals surface area (Å²) in [7, 11) is 3.27. The highest BCUT2D eigenvalue weighted by molar-refractivity contribution is 5.81. The van der Waals surface area contributed by atoms with E-state index in [4.69, 9.17) is 14.2 Å². The molecule has 3 rings (SSSR count). The lowest BCUT2D eigenvalue weighted by atomic mass is 10.0. The minimum absolute atomic E-state index is 0.0276. The Morgan fingerprint density at radius 3 is 2.27 bits per heavy atom. The molecule has 5 heteroatoms. The molecule has 0 aromatic heterocycles. The van der Waals surface area contributed by atoms with E-state index in [2.05, 4.69) is 5.32 Å². The van der Waals surface area contributed by atoms with Gasteiger partial charge in [0, 0.05) is 6.42 Å². The van der Waals surface area contributed by atoms with Crippen molar-refractivity contribution in [2.24, 2.45) is 0 Å². The second kappa shape index (κ2) is 11.0. The van der Waals surface area contributed by atoms with Gasteiger partial charge in [0.05, 0.1) is 32.6 Å². The Morgan fingerprint density at radius 1 is 0.867 bits per heavy atom. The van der Waals surface area contributed by atoms with Crippen LogP contribution in [-0.4, -0.2) is 26.6 Å². The number of hydrogen-bond acceptors (Lipinski definition) is 5. The third-order valence-electron chi connectivity index (χ3n) is 4.76. The van der Waals surface area contributed by atoms with Crippen LogP contribution in [0, 0.1) is 0 Å². The highest BCUT2D eigenvalue weighted by Gasteiger charge is 2.17. The predicted molar refractivity (Wildman–Crippen MR) is 118 cm³/mol. The molecule has 0 amide bonds. The predicted octanol–water partition coefficient (Wildman–Crippen LogP) is 5.03. The molecule has 156 valence electrons. The van der Waals surface area contributed by atoms with Crippen LogP contribution in [0.4, 0.5) is 5.69 Å². The zero-order valence-electron chi connectivity index (χ0n) is 17.3. The van der Waals surface area contributed by atoms with Crippen molar-refractivity contribution in [2.75, 3.05) is 26.1 Å². The van der Waals surface area contributed by atoms with E-state index in [0.29, 0.717) is 13.0 Å². The van der Waals surface area contributed by atoms with Crippen molar-refractivity contribution >= 4 is 11.5 Å². The number of ketones is 1. The molecule has 0 spiro atoms. The maximum Gasteiger partial charge on any atom is 0.160 e. The van der Waals surface area contributed by atoms with E-state index in [1.807, 2.05) is 78.9 Å². The number of Topliss-reactive ketones (excluding diaryl/α,β-unsaturated/α-hetero) is 1. The lowest BCUT2D eigenvalue weighted by Crippen LogP contribution is -2.19. The first-order chi connectivity index (χ1) is 14.7. The van der Waals surface area contributed by atoms with E-state index in [0.717, 1.165) is 28.3 Å². The molecule has 0 radical (unpaired) electrons. The number of carbonyl (C=O) groups excluding carboxylic acids is 1. The van der Waals surface area contributed by atoms with Gasteiger partial charge in [-0.2, -0.15) is 0 Å². The summed E-state index contributed by atoms with van der Waals surface area (Å²) in [6.45, 7) is 0.439. The molecule has 1 unspecified atom stereocenters. The van der Waals surface area contributed by atoms with E-state index in [-0.39, 0.29) is 18.4 Å². The average molecular weight is 405 g/mol. The molecule has 1 atom stereocenters. The largest absolute Gasteiger partial charge is 0.497 e. The van der Waals surface area contributed by atoms with Gasteiger partial charge < -0.3 is 19.5 Å². The fourth-order valence-electron chi connectivity index (χ4n) is 3.18. The van der Waals surface area contributed by atoms with Crippen LogP contribution >= 0.6 is 0 Å². The first-order valence-corrected chi connectivity index (χ1v) is 9.86. The standard InChI is InChI=1S/C25H27NO4/c1-28-22-14-12-19(13-15-22)17-30-18-21(27)16-24(20-8-4-3-5-9-20)26-23-10-6-7-11-25(23)29-2/h3-15,24,26H,16-18H2,1-2H3. The van der Waals surface area contributed by atoms with Crippen LogP contribution < -0.4 is 14.8 Å². The molecule has 0 heterocycles. The van der Waals surface area contributed by atoms with Gasteiger partial charge in [0.1, 0.15) is 18.1 Å². The van der Waals surface area contributed by atoms with E-state index in [1.165, 1.54) is 0 Å². The van der Waals surface area contributed by atoms with E-state index in [1.54, 1.807) is 14.2 Å². The normalized spacial score (nSPS) is 11.5. The van der Waals surface area contributed by atoms with Crippen molar-refractivity contribution in [2.45, 2.75) is 19.1 Å². The van der Waals surface area contributed by atoms with Gasteiger partial charge in [0.2, 0.25) is 0 Å². The maximum atomic E-state index is 12.6. The van der Waals surface area contributed by atoms with Gasteiger partial charge in [-0.05, 0) is 35.4 Å². The Labute approximate surface area is 177 Å². The Morgan fingerprint density at radius 2 is 1.57 bits per heavy atom. The first kappa shape index (κ1) is 21.4. The summed E-state index contributed by atoms with van der Waals surface area (Å²) in [6.07, 6.45) is 0.310. The molecule has 0 saturated heterocycles.